The van der Waals surface area contributed by atoms with Gasteiger partial charge in [0, 0.05) is 0 Å². The Kier molecular flexibility index (Phi) is 7.90. The van der Waals surface area contributed by atoms with E-state index in [0.29, 0.717) is 11.2 Å². The van der Waals surface area contributed by atoms with Crippen molar-refractivity contribution in [1.29, 1.82) is 0 Å². The molecule has 0 radical (unpaired) electrons. The largest absolute Gasteiger partial charge is 0.339 e. The van der Waals surface area contributed by atoms with Crippen molar-refractivity contribution in [1.82, 2.24) is 0 Å². The summed E-state index contributed by atoms with van der Waals surface area (Å²) in [6, 6.07) is 0. The zero-order chi connectivity index (χ0) is 13.7. The van der Waals surface area contributed by atoms with E-state index in [9.17, 15) is 9.79 Å². The van der Waals surface area contributed by atoms with Crippen LogP contribution in [0.25, 0.3) is 0 Å². The Balaban J connectivity index is 4.78. The van der Waals surface area contributed by atoms with Crippen LogP contribution in [-0.4, -0.2) is 27.0 Å². The summed E-state index contributed by atoms with van der Waals surface area (Å²) in [6.45, 7) is 8.67. The molecule has 2 unspecified atom stereocenters. The molecule has 0 aliphatic carbocycles. The van der Waals surface area contributed by atoms with Crippen molar-refractivity contribution in [2.24, 2.45) is 5.92 Å². The van der Waals surface area contributed by atoms with E-state index >= 15 is 0 Å². The molecule has 2 N–H and O–H groups in total. The van der Waals surface area contributed by atoms with Crippen LogP contribution in [0.5, 0.6) is 0 Å². The maximum Gasteiger partial charge on any atom is 0.224 e. The third-order valence-corrected chi connectivity index (χ3v) is 15.5. The quantitative estimate of drug-likeness (QED) is 0.520. The molecule has 0 rings (SSSR count). The predicted molar refractivity (Wildman–Crippen MR) is 85.5 cm³/mol. The van der Waals surface area contributed by atoms with Crippen molar-refractivity contribution in [2.45, 2.75) is 58.6 Å². The van der Waals surface area contributed by atoms with Gasteiger partial charge in [-0.1, -0.05) is 40.5 Å². The Labute approximate surface area is 113 Å². The van der Waals surface area contributed by atoms with Gasteiger partial charge >= 0.3 is 0 Å². The van der Waals surface area contributed by atoms with Gasteiger partial charge in [-0.2, -0.15) is 9.65 Å². The molecular formula is C12H29O2PS2. The molecule has 0 aromatic heterocycles. The number of rotatable bonds is 8. The molecule has 2 nitrogen and oxygen atoms in total. The number of hydrogen-bond acceptors (Lipinski definition) is 1. The van der Waals surface area contributed by atoms with Crippen molar-refractivity contribution in [2.75, 3.05) is 12.0 Å². The second-order valence-corrected chi connectivity index (χ2v) is 16.1. The van der Waals surface area contributed by atoms with Crippen LogP contribution >= 0.6 is 15.3 Å². The standard InChI is InChI=1S/C12H29O2PS2/c1-6-7-8-9-17(5,15(13,14)16)12(4)10-11(2)3/h11-12H,6-10H2,1-5H3,(H2,13,14,16). The summed E-state index contributed by atoms with van der Waals surface area (Å²) in [7, 11) is -1.46. The van der Waals surface area contributed by atoms with Crippen molar-refractivity contribution < 1.29 is 9.79 Å². The van der Waals surface area contributed by atoms with E-state index in [1.165, 1.54) is 0 Å². The van der Waals surface area contributed by atoms with Crippen molar-refractivity contribution >= 4 is 27.1 Å². The minimum Gasteiger partial charge on any atom is -0.339 e. The lowest BCUT2D eigenvalue weighted by Gasteiger charge is -2.45. The lowest BCUT2D eigenvalue weighted by Crippen LogP contribution is -2.19. The smallest absolute Gasteiger partial charge is 0.224 e. The summed E-state index contributed by atoms with van der Waals surface area (Å²) < 4.78 is 0. The lowest BCUT2D eigenvalue weighted by molar-refractivity contribution is 0.498. The monoisotopic (exact) mass is 300 g/mol. The molecule has 0 saturated heterocycles. The second kappa shape index (κ2) is 7.49. The van der Waals surface area contributed by atoms with Gasteiger partial charge in [-0.05, 0) is 47.8 Å². The summed E-state index contributed by atoms with van der Waals surface area (Å²) in [5, 5.41) is 0.347. The third-order valence-electron chi connectivity index (χ3n) is 3.37. The molecule has 0 aliphatic heterocycles. The molecule has 5 heteroatoms. The molecule has 2 atom stereocenters. The van der Waals surface area contributed by atoms with Crippen LogP contribution in [0.2, 0.25) is 0 Å². The van der Waals surface area contributed by atoms with Gasteiger partial charge in [0.1, 0.15) is 0 Å². The van der Waals surface area contributed by atoms with E-state index in [4.69, 9.17) is 11.8 Å². The fraction of sp³-hybridized carbons (Fsp3) is 1.00. The van der Waals surface area contributed by atoms with E-state index < -0.39 is 15.3 Å². The maximum absolute atomic E-state index is 10.0. The summed E-state index contributed by atoms with van der Waals surface area (Å²) in [5.74, 6) is 1.50. The Hall–Kier alpha value is 0.920. The summed E-state index contributed by atoms with van der Waals surface area (Å²) in [5.41, 5.74) is -3.12. The molecular weight excluding hydrogens is 271 g/mol. The molecule has 0 saturated carbocycles. The normalized spacial score (nSPS) is 20.0. The summed E-state index contributed by atoms with van der Waals surface area (Å²) >= 11 is 5.06. The van der Waals surface area contributed by atoms with Gasteiger partial charge in [0.05, 0.1) is 0 Å². The highest BCUT2D eigenvalue weighted by molar-refractivity contribution is 8.85. The Bertz CT molecular complexity index is 265. The van der Waals surface area contributed by atoms with Gasteiger partial charge < -0.3 is 9.79 Å². The van der Waals surface area contributed by atoms with Crippen LogP contribution in [0, 0.1) is 5.92 Å². The summed E-state index contributed by atoms with van der Waals surface area (Å²) in [4.78, 5) is 20.1. The van der Waals surface area contributed by atoms with E-state index in [-0.39, 0.29) is 0 Å². The third kappa shape index (κ3) is 5.61. The van der Waals surface area contributed by atoms with Gasteiger partial charge in [0.15, 0.2) is 0 Å². The molecule has 106 valence electrons. The van der Waals surface area contributed by atoms with Crippen molar-refractivity contribution in [3.8, 4) is 0 Å². The molecule has 0 fully saturated rings. The molecule has 0 aromatic carbocycles. The van der Waals surface area contributed by atoms with Crippen LogP contribution in [-0.2, 0) is 11.8 Å². The lowest BCUT2D eigenvalue weighted by atomic mass is 10.1. The second-order valence-electron chi connectivity index (χ2n) is 5.45. The average Bonchev–Trinajstić information content (AvgIpc) is 2.14. The van der Waals surface area contributed by atoms with Crippen LogP contribution in [0.4, 0.5) is 0 Å². The van der Waals surface area contributed by atoms with Gasteiger partial charge in [-0.15, -0.1) is 0 Å². The van der Waals surface area contributed by atoms with E-state index in [1.54, 1.807) is 0 Å². The van der Waals surface area contributed by atoms with Crippen LogP contribution in [0.1, 0.15) is 53.4 Å². The highest BCUT2D eigenvalue weighted by Gasteiger charge is 2.37. The van der Waals surface area contributed by atoms with E-state index in [1.807, 2.05) is 0 Å². The summed E-state index contributed by atoms with van der Waals surface area (Å²) in [6.07, 6.45) is 6.48. The van der Waals surface area contributed by atoms with Crippen LogP contribution in [0.15, 0.2) is 0 Å². The predicted octanol–water partition coefficient (Wildman–Crippen LogP) is 4.25. The topological polar surface area (TPSA) is 40.5 Å². The fourth-order valence-electron chi connectivity index (χ4n) is 2.07. The zero-order valence-corrected chi connectivity index (χ0v) is 14.4. The van der Waals surface area contributed by atoms with E-state index in [2.05, 4.69) is 34.0 Å². The minimum atomic E-state index is -3.12. The minimum absolute atomic E-state index is 0.347. The number of hydrogen-bond donors (Lipinski definition) is 2. The highest BCUT2D eigenvalue weighted by Crippen LogP contribution is 2.78. The van der Waals surface area contributed by atoms with Gasteiger partial charge in [0.25, 0.3) is 0 Å². The van der Waals surface area contributed by atoms with Gasteiger partial charge in [-0.3, -0.25) is 0 Å². The molecule has 0 spiro atoms. The first-order valence-corrected chi connectivity index (χ1v) is 12.0. The zero-order valence-electron chi connectivity index (χ0n) is 11.8. The first-order valence-electron chi connectivity index (χ1n) is 6.45. The van der Waals surface area contributed by atoms with Crippen molar-refractivity contribution in [3.05, 3.63) is 0 Å². The molecule has 0 aromatic rings. The Morgan fingerprint density at radius 3 is 2.06 bits per heavy atom. The average molecular weight is 300 g/mol. The highest BCUT2D eigenvalue weighted by atomic mass is 33.0. The SMILES string of the molecule is CCCCCS(C)(C(C)CC(C)C)P(O)(O)=S. The van der Waals surface area contributed by atoms with Crippen LogP contribution < -0.4 is 0 Å². The van der Waals surface area contributed by atoms with Gasteiger partial charge in [0.2, 0.25) is 5.69 Å². The first kappa shape index (κ1) is 17.9. The molecule has 17 heavy (non-hydrogen) atoms. The Morgan fingerprint density at radius 2 is 1.71 bits per heavy atom. The molecule has 0 bridgehead atoms. The molecule has 0 amide bonds. The van der Waals surface area contributed by atoms with Crippen LogP contribution in [0.3, 0.4) is 0 Å². The fourth-order valence-corrected chi connectivity index (χ4v) is 9.53. The number of unbranched alkanes of at least 4 members (excludes halogenated alkanes) is 2. The molecule has 0 aliphatic rings. The van der Waals surface area contributed by atoms with Gasteiger partial charge in [-0.25, -0.2) is 0 Å². The first-order chi connectivity index (χ1) is 7.65. The van der Waals surface area contributed by atoms with Crippen molar-refractivity contribution in [3.63, 3.8) is 0 Å². The maximum atomic E-state index is 10.0. The van der Waals surface area contributed by atoms with E-state index in [0.717, 1.165) is 31.4 Å². The Morgan fingerprint density at radius 1 is 1.18 bits per heavy atom. The molecule has 0 heterocycles.